The van der Waals surface area contributed by atoms with Gasteiger partial charge in [0, 0.05) is 30.6 Å². The number of anilines is 1. The molecule has 4 nitrogen and oxygen atoms in total. The summed E-state index contributed by atoms with van der Waals surface area (Å²) < 4.78 is 0. The topological polar surface area (TPSA) is 32.3 Å². The highest BCUT2D eigenvalue weighted by atomic mass is 35.5. The zero-order valence-corrected chi connectivity index (χ0v) is 14.1. The molecule has 1 aliphatic heterocycles. The van der Waals surface area contributed by atoms with Crippen LogP contribution in [0, 0.1) is 5.92 Å². The molecule has 2 rings (SSSR count). The Kier molecular flexibility index (Phi) is 4.26. The molecule has 0 aliphatic carbocycles. The number of hydrogen-bond acceptors (Lipinski definition) is 4. The summed E-state index contributed by atoms with van der Waals surface area (Å²) in [6, 6.07) is 2.43. The van der Waals surface area contributed by atoms with Crippen LogP contribution in [0.1, 0.15) is 33.5 Å². The van der Waals surface area contributed by atoms with Crippen molar-refractivity contribution in [1.29, 1.82) is 0 Å². The van der Waals surface area contributed by atoms with Crippen LogP contribution in [0.2, 0.25) is 5.15 Å². The third kappa shape index (κ3) is 3.23. The van der Waals surface area contributed by atoms with E-state index in [0.29, 0.717) is 17.1 Å². The lowest BCUT2D eigenvalue weighted by Gasteiger charge is -2.24. The molecule has 1 aromatic rings. The summed E-state index contributed by atoms with van der Waals surface area (Å²) in [5.74, 6) is 2.38. The van der Waals surface area contributed by atoms with E-state index in [1.54, 1.807) is 0 Å². The highest BCUT2D eigenvalue weighted by Crippen LogP contribution is 2.28. The number of hydrogen-bond donors (Lipinski definition) is 0. The van der Waals surface area contributed by atoms with Crippen LogP contribution in [0.15, 0.2) is 6.07 Å². The summed E-state index contributed by atoms with van der Waals surface area (Å²) in [7, 11) is 4.27. The number of rotatable bonds is 2. The van der Waals surface area contributed by atoms with Crippen LogP contribution in [0.3, 0.4) is 0 Å². The van der Waals surface area contributed by atoms with Crippen molar-refractivity contribution in [1.82, 2.24) is 14.9 Å². The van der Waals surface area contributed by atoms with Crippen molar-refractivity contribution in [2.24, 2.45) is 5.92 Å². The molecule has 0 spiro atoms. The molecule has 2 heterocycles. The largest absolute Gasteiger partial charge is 0.355 e. The summed E-state index contributed by atoms with van der Waals surface area (Å²) in [6.07, 6.45) is 0. The zero-order chi connectivity index (χ0) is 15.1. The van der Waals surface area contributed by atoms with E-state index in [2.05, 4.69) is 56.6 Å². The standard InChI is InChI=1S/C15H25ClN4/c1-10-8-20(9-11(10)19(5)6)13-7-12(16)17-14(18-13)15(2,3)4/h7,10-11H,8-9H2,1-6H3. The average Bonchev–Trinajstić information content (AvgIpc) is 2.69. The number of aromatic nitrogens is 2. The minimum absolute atomic E-state index is 0.0913. The van der Waals surface area contributed by atoms with Crippen molar-refractivity contribution in [3.8, 4) is 0 Å². The number of likely N-dealkylation sites (N-methyl/N-ethyl adjacent to an activating group) is 1. The molecule has 1 aliphatic rings. The third-order valence-electron chi connectivity index (χ3n) is 3.91. The van der Waals surface area contributed by atoms with E-state index < -0.39 is 0 Å². The predicted octanol–water partition coefficient (Wildman–Crippen LogP) is 2.81. The lowest BCUT2D eigenvalue weighted by Crippen LogP contribution is -2.34. The molecular formula is C15H25ClN4. The quantitative estimate of drug-likeness (QED) is 0.786. The van der Waals surface area contributed by atoms with E-state index in [-0.39, 0.29) is 5.41 Å². The normalized spacial score (nSPS) is 23.7. The van der Waals surface area contributed by atoms with E-state index in [1.807, 2.05) is 6.07 Å². The van der Waals surface area contributed by atoms with Gasteiger partial charge in [0.1, 0.15) is 16.8 Å². The lowest BCUT2D eigenvalue weighted by atomic mass is 9.96. The Labute approximate surface area is 127 Å². The van der Waals surface area contributed by atoms with Gasteiger partial charge >= 0.3 is 0 Å². The maximum Gasteiger partial charge on any atom is 0.137 e. The first-order valence-corrected chi connectivity index (χ1v) is 7.52. The van der Waals surface area contributed by atoms with Crippen LogP contribution in [0.5, 0.6) is 0 Å². The van der Waals surface area contributed by atoms with Crippen LogP contribution in [0.4, 0.5) is 5.82 Å². The van der Waals surface area contributed by atoms with Crippen molar-refractivity contribution in [3.63, 3.8) is 0 Å². The first-order valence-electron chi connectivity index (χ1n) is 7.15. The second-order valence-corrected chi connectivity index (χ2v) is 7.42. The Morgan fingerprint density at radius 1 is 1.25 bits per heavy atom. The Morgan fingerprint density at radius 3 is 2.40 bits per heavy atom. The molecule has 1 aromatic heterocycles. The van der Waals surface area contributed by atoms with Crippen LogP contribution >= 0.6 is 11.6 Å². The molecule has 0 bridgehead atoms. The van der Waals surface area contributed by atoms with Gasteiger partial charge in [-0.2, -0.15) is 0 Å². The molecule has 20 heavy (non-hydrogen) atoms. The highest BCUT2D eigenvalue weighted by Gasteiger charge is 2.32. The molecule has 0 aromatic carbocycles. The van der Waals surface area contributed by atoms with Gasteiger partial charge in [-0.05, 0) is 20.0 Å². The minimum Gasteiger partial charge on any atom is -0.355 e. The monoisotopic (exact) mass is 296 g/mol. The van der Waals surface area contributed by atoms with Crippen molar-refractivity contribution in [3.05, 3.63) is 17.0 Å². The molecule has 2 atom stereocenters. The van der Waals surface area contributed by atoms with E-state index >= 15 is 0 Å². The fourth-order valence-electron chi connectivity index (χ4n) is 2.71. The van der Waals surface area contributed by atoms with Crippen LogP contribution < -0.4 is 4.90 Å². The van der Waals surface area contributed by atoms with Gasteiger partial charge in [-0.3, -0.25) is 0 Å². The van der Waals surface area contributed by atoms with Gasteiger partial charge in [0.05, 0.1) is 0 Å². The van der Waals surface area contributed by atoms with E-state index in [4.69, 9.17) is 16.6 Å². The summed E-state index contributed by atoms with van der Waals surface area (Å²) in [6.45, 7) is 10.6. The molecule has 0 amide bonds. The van der Waals surface area contributed by atoms with Gasteiger partial charge in [-0.1, -0.05) is 39.3 Å². The maximum absolute atomic E-state index is 6.18. The van der Waals surface area contributed by atoms with Crippen molar-refractivity contribution in [2.75, 3.05) is 32.1 Å². The second-order valence-electron chi connectivity index (χ2n) is 7.04. The van der Waals surface area contributed by atoms with Gasteiger partial charge in [0.2, 0.25) is 0 Å². The summed E-state index contributed by atoms with van der Waals surface area (Å²) >= 11 is 6.18. The SMILES string of the molecule is CC1CN(c2cc(Cl)nc(C(C)(C)C)n2)CC1N(C)C. The minimum atomic E-state index is -0.0913. The summed E-state index contributed by atoms with van der Waals surface area (Å²) in [4.78, 5) is 13.7. The maximum atomic E-state index is 6.18. The van der Waals surface area contributed by atoms with Crippen molar-refractivity contribution < 1.29 is 0 Å². The predicted molar refractivity (Wildman–Crippen MR) is 84.6 cm³/mol. The van der Waals surface area contributed by atoms with E-state index in [0.717, 1.165) is 24.7 Å². The average molecular weight is 297 g/mol. The van der Waals surface area contributed by atoms with Gasteiger partial charge in [0.15, 0.2) is 0 Å². The van der Waals surface area contributed by atoms with Crippen LogP contribution in [-0.2, 0) is 5.41 Å². The molecule has 1 saturated heterocycles. The van der Waals surface area contributed by atoms with E-state index in [9.17, 15) is 0 Å². The van der Waals surface area contributed by atoms with Gasteiger partial charge < -0.3 is 9.80 Å². The molecule has 0 N–H and O–H groups in total. The van der Waals surface area contributed by atoms with Crippen LogP contribution in [0.25, 0.3) is 0 Å². The molecule has 112 valence electrons. The fraction of sp³-hybridized carbons (Fsp3) is 0.733. The Bertz CT molecular complexity index is 481. The summed E-state index contributed by atoms with van der Waals surface area (Å²) in [5, 5.41) is 0.529. The molecule has 0 saturated carbocycles. The number of nitrogens with zero attached hydrogens (tertiary/aromatic N) is 4. The molecular weight excluding hydrogens is 272 g/mol. The molecule has 5 heteroatoms. The Morgan fingerprint density at radius 2 is 1.90 bits per heavy atom. The lowest BCUT2D eigenvalue weighted by molar-refractivity contribution is 0.266. The summed E-state index contributed by atoms with van der Waals surface area (Å²) in [5.41, 5.74) is -0.0913. The molecule has 1 fully saturated rings. The van der Waals surface area contributed by atoms with Crippen molar-refractivity contribution in [2.45, 2.75) is 39.2 Å². The zero-order valence-electron chi connectivity index (χ0n) is 13.3. The first kappa shape index (κ1) is 15.5. The highest BCUT2D eigenvalue weighted by molar-refractivity contribution is 6.29. The molecule has 2 unspecified atom stereocenters. The number of halogens is 1. The van der Waals surface area contributed by atoms with Crippen molar-refractivity contribution >= 4 is 17.4 Å². The van der Waals surface area contributed by atoms with Gasteiger partial charge in [-0.25, -0.2) is 9.97 Å². The Balaban J connectivity index is 2.28. The molecule has 0 radical (unpaired) electrons. The first-order chi connectivity index (χ1) is 9.18. The smallest absolute Gasteiger partial charge is 0.137 e. The van der Waals surface area contributed by atoms with Crippen LogP contribution in [-0.4, -0.2) is 48.1 Å². The van der Waals surface area contributed by atoms with Gasteiger partial charge in [0.25, 0.3) is 0 Å². The second kappa shape index (κ2) is 5.49. The fourth-order valence-corrected chi connectivity index (χ4v) is 2.89. The van der Waals surface area contributed by atoms with Gasteiger partial charge in [-0.15, -0.1) is 0 Å². The van der Waals surface area contributed by atoms with E-state index in [1.165, 1.54) is 0 Å². The Hall–Kier alpha value is -0.870. The third-order valence-corrected chi connectivity index (χ3v) is 4.11.